The van der Waals surface area contributed by atoms with Gasteiger partial charge in [0.25, 0.3) is 0 Å². The molecule has 0 radical (unpaired) electrons. The number of ether oxygens (including phenoxy) is 1. The van der Waals surface area contributed by atoms with Gasteiger partial charge in [0.15, 0.2) is 0 Å². The van der Waals surface area contributed by atoms with Crippen molar-refractivity contribution in [3.05, 3.63) is 29.8 Å². The second-order valence-corrected chi connectivity index (χ2v) is 6.64. The Hall–Kier alpha value is -1.02. The van der Waals surface area contributed by atoms with Gasteiger partial charge in [0, 0.05) is 24.1 Å². The van der Waals surface area contributed by atoms with E-state index >= 15 is 0 Å². The van der Waals surface area contributed by atoms with Gasteiger partial charge in [-0.15, -0.1) is 0 Å². The summed E-state index contributed by atoms with van der Waals surface area (Å²) < 4.78 is 5.83. The number of hydrogen-bond donors (Lipinski definition) is 1. The molecule has 2 heteroatoms. The molecule has 0 bridgehead atoms. The summed E-state index contributed by atoms with van der Waals surface area (Å²) in [6.07, 6.45) is 5.44. The Morgan fingerprint density at radius 2 is 2.11 bits per heavy atom. The first-order valence-electron chi connectivity index (χ1n) is 7.64. The lowest BCUT2D eigenvalue weighted by Crippen LogP contribution is -2.43. The molecule has 1 N–H and O–H groups in total. The van der Waals surface area contributed by atoms with Crippen molar-refractivity contribution in [2.24, 2.45) is 5.41 Å². The second kappa shape index (κ2) is 5.16. The SMILES string of the molecule is CC(C)NCC1(CC2COc3ccccc32)CCC1. The number of nitrogens with one attached hydrogen (secondary N) is 1. The molecule has 19 heavy (non-hydrogen) atoms. The topological polar surface area (TPSA) is 21.3 Å². The van der Waals surface area contributed by atoms with Crippen molar-refractivity contribution >= 4 is 0 Å². The van der Waals surface area contributed by atoms with E-state index in [2.05, 4.69) is 43.4 Å². The molecule has 0 spiro atoms. The highest BCUT2D eigenvalue weighted by Gasteiger charge is 2.40. The molecule has 3 rings (SSSR count). The predicted molar refractivity (Wildman–Crippen MR) is 78.7 cm³/mol. The molecule has 1 saturated carbocycles. The Balaban J connectivity index is 1.67. The van der Waals surface area contributed by atoms with E-state index in [4.69, 9.17) is 4.74 Å². The van der Waals surface area contributed by atoms with Gasteiger partial charge in [-0.05, 0) is 30.7 Å². The van der Waals surface area contributed by atoms with Gasteiger partial charge >= 0.3 is 0 Å². The lowest BCUT2D eigenvalue weighted by Gasteiger charge is -2.44. The molecule has 1 unspecified atom stereocenters. The average Bonchev–Trinajstić information content (AvgIpc) is 2.75. The van der Waals surface area contributed by atoms with Crippen LogP contribution in [0.15, 0.2) is 24.3 Å². The Bertz CT molecular complexity index is 437. The van der Waals surface area contributed by atoms with Crippen LogP contribution in [0.5, 0.6) is 5.75 Å². The summed E-state index contributed by atoms with van der Waals surface area (Å²) in [5.41, 5.74) is 1.95. The van der Waals surface area contributed by atoms with E-state index in [1.165, 1.54) is 37.8 Å². The van der Waals surface area contributed by atoms with Gasteiger partial charge in [-0.25, -0.2) is 0 Å². The Labute approximate surface area is 116 Å². The van der Waals surface area contributed by atoms with Gasteiger partial charge in [0.1, 0.15) is 5.75 Å². The molecule has 2 nitrogen and oxygen atoms in total. The summed E-state index contributed by atoms with van der Waals surface area (Å²) in [5, 5.41) is 3.65. The van der Waals surface area contributed by atoms with Gasteiger partial charge < -0.3 is 10.1 Å². The molecular formula is C17H25NO. The highest BCUT2D eigenvalue weighted by Crippen LogP contribution is 2.49. The van der Waals surface area contributed by atoms with E-state index in [1.807, 2.05) is 0 Å². The fourth-order valence-electron chi connectivity index (χ4n) is 3.47. The van der Waals surface area contributed by atoms with Crippen LogP contribution in [0, 0.1) is 5.41 Å². The van der Waals surface area contributed by atoms with Crippen LogP contribution in [-0.2, 0) is 0 Å². The van der Waals surface area contributed by atoms with Crippen LogP contribution in [0.4, 0.5) is 0 Å². The summed E-state index contributed by atoms with van der Waals surface area (Å²) in [5.74, 6) is 1.71. The maximum atomic E-state index is 5.83. The van der Waals surface area contributed by atoms with Gasteiger partial charge in [-0.1, -0.05) is 38.5 Å². The highest BCUT2D eigenvalue weighted by molar-refractivity contribution is 5.39. The molecule has 1 heterocycles. The third-order valence-electron chi connectivity index (χ3n) is 4.78. The minimum atomic E-state index is 0.524. The molecule has 1 aliphatic carbocycles. The number of hydrogen-bond acceptors (Lipinski definition) is 2. The van der Waals surface area contributed by atoms with Crippen molar-refractivity contribution in [2.75, 3.05) is 13.2 Å². The van der Waals surface area contributed by atoms with E-state index in [-0.39, 0.29) is 0 Å². The zero-order valence-electron chi connectivity index (χ0n) is 12.1. The van der Waals surface area contributed by atoms with Crippen molar-refractivity contribution in [1.82, 2.24) is 5.32 Å². The predicted octanol–water partition coefficient (Wildman–Crippen LogP) is 3.72. The smallest absolute Gasteiger partial charge is 0.122 e. The van der Waals surface area contributed by atoms with E-state index < -0.39 is 0 Å². The molecule has 2 aliphatic rings. The molecular weight excluding hydrogens is 234 g/mol. The molecule has 0 saturated heterocycles. The van der Waals surface area contributed by atoms with Gasteiger partial charge in [-0.2, -0.15) is 0 Å². The van der Waals surface area contributed by atoms with E-state index in [1.54, 1.807) is 0 Å². The summed E-state index contributed by atoms with van der Waals surface area (Å²) in [4.78, 5) is 0. The third kappa shape index (κ3) is 2.64. The van der Waals surface area contributed by atoms with Crippen LogP contribution in [0.2, 0.25) is 0 Å². The average molecular weight is 259 g/mol. The first-order valence-corrected chi connectivity index (χ1v) is 7.64. The molecule has 0 amide bonds. The van der Waals surface area contributed by atoms with Crippen molar-refractivity contribution in [3.63, 3.8) is 0 Å². The molecule has 1 aromatic rings. The first kappa shape index (κ1) is 13.0. The van der Waals surface area contributed by atoms with Crippen LogP contribution in [-0.4, -0.2) is 19.2 Å². The van der Waals surface area contributed by atoms with Crippen molar-refractivity contribution in [3.8, 4) is 5.75 Å². The summed E-state index contributed by atoms with van der Waals surface area (Å²) >= 11 is 0. The number of para-hydroxylation sites is 1. The minimum absolute atomic E-state index is 0.524. The zero-order valence-corrected chi connectivity index (χ0v) is 12.1. The van der Waals surface area contributed by atoms with Crippen LogP contribution in [0.1, 0.15) is 51.0 Å². The number of fused-ring (bicyclic) bond motifs is 1. The fourth-order valence-corrected chi connectivity index (χ4v) is 3.47. The van der Waals surface area contributed by atoms with E-state index in [0.717, 1.165) is 12.4 Å². The molecule has 104 valence electrons. The largest absolute Gasteiger partial charge is 0.493 e. The monoisotopic (exact) mass is 259 g/mol. The normalized spacial score (nSPS) is 23.8. The number of benzene rings is 1. The van der Waals surface area contributed by atoms with Crippen LogP contribution in [0.25, 0.3) is 0 Å². The van der Waals surface area contributed by atoms with E-state index in [0.29, 0.717) is 17.4 Å². The quantitative estimate of drug-likeness (QED) is 0.870. The minimum Gasteiger partial charge on any atom is -0.493 e. The Kier molecular flexibility index (Phi) is 3.53. The third-order valence-corrected chi connectivity index (χ3v) is 4.78. The zero-order chi connectivity index (χ0) is 13.3. The van der Waals surface area contributed by atoms with E-state index in [9.17, 15) is 0 Å². The summed E-state index contributed by atoms with van der Waals surface area (Å²) in [7, 11) is 0. The van der Waals surface area contributed by atoms with Crippen molar-refractivity contribution < 1.29 is 4.74 Å². The van der Waals surface area contributed by atoms with Crippen LogP contribution < -0.4 is 10.1 Å². The van der Waals surface area contributed by atoms with Gasteiger partial charge in [0.05, 0.1) is 6.61 Å². The molecule has 1 atom stereocenters. The van der Waals surface area contributed by atoms with Crippen molar-refractivity contribution in [1.29, 1.82) is 0 Å². The summed E-state index contributed by atoms with van der Waals surface area (Å²) in [6.45, 7) is 6.52. The highest BCUT2D eigenvalue weighted by atomic mass is 16.5. The lowest BCUT2D eigenvalue weighted by molar-refractivity contribution is 0.0979. The standard InChI is InChI=1S/C17H25NO/c1-13(2)18-12-17(8-5-9-17)10-14-11-19-16-7-4-3-6-15(14)16/h3-4,6-7,13-14,18H,5,8-12H2,1-2H3. The molecule has 1 aliphatic heterocycles. The first-order chi connectivity index (χ1) is 9.19. The Morgan fingerprint density at radius 3 is 2.79 bits per heavy atom. The van der Waals surface area contributed by atoms with Crippen molar-refractivity contribution in [2.45, 2.75) is 51.5 Å². The molecule has 1 fully saturated rings. The van der Waals surface area contributed by atoms with Gasteiger partial charge in [0.2, 0.25) is 0 Å². The molecule has 0 aromatic heterocycles. The molecule has 1 aromatic carbocycles. The summed E-state index contributed by atoms with van der Waals surface area (Å²) in [6, 6.07) is 9.15. The van der Waals surface area contributed by atoms with Crippen LogP contribution >= 0.6 is 0 Å². The maximum absolute atomic E-state index is 5.83. The number of rotatable bonds is 5. The van der Waals surface area contributed by atoms with Gasteiger partial charge in [-0.3, -0.25) is 0 Å². The lowest BCUT2D eigenvalue weighted by atomic mass is 9.63. The second-order valence-electron chi connectivity index (χ2n) is 6.64. The Morgan fingerprint density at radius 1 is 1.32 bits per heavy atom. The maximum Gasteiger partial charge on any atom is 0.122 e. The fraction of sp³-hybridized carbons (Fsp3) is 0.647. The van der Waals surface area contributed by atoms with Crippen LogP contribution in [0.3, 0.4) is 0 Å².